The summed E-state index contributed by atoms with van der Waals surface area (Å²) in [5.74, 6) is 1.23. The minimum absolute atomic E-state index is 0.0246. The third-order valence-corrected chi connectivity index (χ3v) is 3.06. The minimum atomic E-state index is -0.171. The van der Waals surface area contributed by atoms with Gasteiger partial charge in [-0.15, -0.1) is 0 Å². The van der Waals surface area contributed by atoms with E-state index in [0.29, 0.717) is 25.3 Å². The zero-order chi connectivity index (χ0) is 15.7. The molecule has 1 aromatic carbocycles. The van der Waals surface area contributed by atoms with E-state index >= 15 is 0 Å². The van der Waals surface area contributed by atoms with Crippen LogP contribution in [0.5, 0.6) is 11.5 Å². The maximum atomic E-state index is 11.7. The Morgan fingerprint density at radius 2 is 1.76 bits per heavy atom. The van der Waals surface area contributed by atoms with Gasteiger partial charge in [0, 0.05) is 13.2 Å². The monoisotopic (exact) mass is 295 g/mol. The predicted molar refractivity (Wildman–Crippen MR) is 81.6 cm³/mol. The van der Waals surface area contributed by atoms with E-state index in [0.717, 1.165) is 5.75 Å². The molecule has 1 aromatic rings. The number of hydrogen-bond acceptors (Lipinski definition) is 4. The van der Waals surface area contributed by atoms with Crippen molar-refractivity contribution in [3.63, 3.8) is 0 Å². The van der Waals surface area contributed by atoms with E-state index in [1.54, 1.807) is 24.3 Å². The summed E-state index contributed by atoms with van der Waals surface area (Å²) in [6, 6.07) is 7.16. The number of aliphatic hydroxyl groups is 1. The van der Waals surface area contributed by atoms with E-state index in [2.05, 4.69) is 5.32 Å². The maximum Gasteiger partial charge on any atom is 0.257 e. The summed E-state index contributed by atoms with van der Waals surface area (Å²) < 4.78 is 10.7. The van der Waals surface area contributed by atoms with Crippen LogP contribution < -0.4 is 14.8 Å². The minimum Gasteiger partial charge on any atom is -0.494 e. The van der Waals surface area contributed by atoms with Gasteiger partial charge in [-0.05, 0) is 43.0 Å². The fourth-order valence-corrected chi connectivity index (χ4v) is 1.73. The zero-order valence-electron chi connectivity index (χ0n) is 13.0. The maximum absolute atomic E-state index is 11.7. The molecule has 0 fully saturated rings. The third-order valence-electron chi connectivity index (χ3n) is 3.06. The Kier molecular flexibility index (Phi) is 7.02. The Hall–Kier alpha value is -1.75. The van der Waals surface area contributed by atoms with Crippen molar-refractivity contribution >= 4 is 5.91 Å². The van der Waals surface area contributed by atoms with Gasteiger partial charge in [0.2, 0.25) is 0 Å². The van der Waals surface area contributed by atoms with Crippen LogP contribution >= 0.6 is 0 Å². The number of amides is 1. The molecule has 21 heavy (non-hydrogen) atoms. The highest BCUT2D eigenvalue weighted by Gasteiger charge is 2.18. The van der Waals surface area contributed by atoms with E-state index in [4.69, 9.17) is 14.6 Å². The molecule has 1 rings (SSSR count). The highest BCUT2D eigenvalue weighted by atomic mass is 16.5. The van der Waals surface area contributed by atoms with Crippen molar-refractivity contribution in [2.24, 2.45) is 5.41 Å². The van der Waals surface area contributed by atoms with Gasteiger partial charge < -0.3 is 19.9 Å². The van der Waals surface area contributed by atoms with Gasteiger partial charge in [-0.25, -0.2) is 0 Å². The molecule has 0 atom stereocenters. The second-order valence-corrected chi connectivity index (χ2v) is 5.61. The number of aliphatic hydroxyl groups excluding tert-OH is 1. The van der Waals surface area contributed by atoms with Crippen molar-refractivity contribution < 1.29 is 19.4 Å². The van der Waals surface area contributed by atoms with Crippen LogP contribution in [0.15, 0.2) is 24.3 Å². The van der Waals surface area contributed by atoms with E-state index in [-0.39, 0.29) is 24.5 Å². The van der Waals surface area contributed by atoms with Gasteiger partial charge in [0.15, 0.2) is 6.61 Å². The standard InChI is InChI=1S/C16H25NO4/c1-4-20-13-5-7-14(8-6-13)21-11-15(19)17-12-16(2,3)9-10-18/h5-8,18H,4,9-12H2,1-3H3,(H,17,19). The van der Waals surface area contributed by atoms with Gasteiger partial charge in [-0.3, -0.25) is 4.79 Å². The molecule has 0 radical (unpaired) electrons. The lowest BCUT2D eigenvalue weighted by Gasteiger charge is -2.23. The number of hydrogen-bond donors (Lipinski definition) is 2. The second-order valence-electron chi connectivity index (χ2n) is 5.61. The Morgan fingerprint density at radius 1 is 1.19 bits per heavy atom. The molecule has 0 aliphatic heterocycles. The molecule has 1 amide bonds. The highest BCUT2D eigenvalue weighted by Crippen LogP contribution is 2.18. The Morgan fingerprint density at radius 3 is 2.29 bits per heavy atom. The van der Waals surface area contributed by atoms with Gasteiger partial charge in [0.25, 0.3) is 5.91 Å². The molecule has 0 spiro atoms. The molecule has 118 valence electrons. The molecular formula is C16H25NO4. The van der Waals surface area contributed by atoms with Gasteiger partial charge in [-0.1, -0.05) is 13.8 Å². The van der Waals surface area contributed by atoms with Crippen molar-refractivity contribution in [2.75, 3.05) is 26.4 Å². The Labute approximate surface area is 126 Å². The molecule has 0 saturated carbocycles. The van der Waals surface area contributed by atoms with E-state index < -0.39 is 0 Å². The summed E-state index contributed by atoms with van der Waals surface area (Å²) in [5.41, 5.74) is -0.121. The van der Waals surface area contributed by atoms with Gasteiger partial charge in [0.1, 0.15) is 11.5 Å². The fourth-order valence-electron chi connectivity index (χ4n) is 1.73. The number of carbonyl (C=O) groups is 1. The van der Waals surface area contributed by atoms with Crippen LogP contribution in [-0.2, 0) is 4.79 Å². The number of benzene rings is 1. The SMILES string of the molecule is CCOc1ccc(OCC(=O)NCC(C)(C)CCO)cc1. The average molecular weight is 295 g/mol. The summed E-state index contributed by atoms with van der Waals surface area (Å²) in [4.78, 5) is 11.7. The van der Waals surface area contributed by atoms with Crippen molar-refractivity contribution in [1.82, 2.24) is 5.32 Å². The van der Waals surface area contributed by atoms with Crippen LogP contribution in [-0.4, -0.2) is 37.4 Å². The normalized spacial score (nSPS) is 11.0. The molecule has 0 bridgehead atoms. The largest absolute Gasteiger partial charge is 0.494 e. The molecule has 2 N–H and O–H groups in total. The van der Waals surface area contributed by atoms with Crippen LogP contribution in [0.2, 0.25) is 0 Å². The Bertz CT molecular complexity index is 428. The van der Waals surface area contributed by atoms with Crippen molar-refractivity contribution in [3.8, 4) is 11.5 Å². The topological polar surface area (TPSA) is 67.8 Å². The average Bonchev–Trinajstić information content (AvgIpc) is 2.45. The van der Waals surface area contributed by atoms with Crippen LogP contribution in [0.4, 0.5) is 0 Å². The molecule has 0 saturated heterocycles. The first-order valence-electron chi connectivity index (χ1n) is 7.20. The summed E-state index contributed by atoms with van der Waals surface area (Å²) in [6.45, 7) is 7.14. The second kappa shape index (κ2) is 8.52. The van der Waals surface area contributed by atoms with Crippen LogP contribution in [0.1, 0.15) is 27.2 Å². The first kappa shape index (κ1) is 17.3. The van der Waals surface area contributed by atoms with Crippen LogP contribution in [0.25, 0.3) is 0 Å². The smallest absolute Gasteiger partial charge is 0.257 e. The number of nitrogens with one attached hydrogen (secondary N) is 1. The van der Waals surface area contributed by atoms with E-state index in [1.165, 1.54) is 0 Å². The summed E-state index contributed by atoms with van der Waals surface area (Å²) in [6.07, 6.45) is 0.646. The van der Waals surface area contributed by atoms with Crippen LogP contribution in [0, 0.1) is 5.41 Å². The van der Waals surface area contributed by atoms with Gasteiger partial charge in [0.05, 0.1) is 6.61 Å². The summed E-state index contributed by atoms with van der Waals surface area (Å²) in [7, 11) is 0. The van der Waals surface area contributed by atoms with Crippen molar-refractivity contribution in [1.29, 1.82) is 0 Å². The first-order chi connectivity index (χ1) is 9.96. The molecule has 0 heterocycles. The fraction of sp³-hybridized carbons (Fsp3) is 0.562. The predicted octanol–water partition coefficient (Wildman–Crippen LogP) is 1.99. The molecule has 0 aromatic heterocycles. The highest BCUT2D eigenvalue weighted by molar-refractivity contribution is 5.77. The Balaban J connectivity index is 2.32. The molecule has 0 aliphatic rings. The lowest BCUT2D eigenvalue weighted by Crippen LogP contribution is -2.37. The summed E-state index contributed by atoms with van der Waals surface area (Å²) in [5, 5.41) is 11.7. The molecule has 5 nitrogen and oxygen atoms in total. The van der Waals surface area contributed by atoms with Gasteiger partial charge >= 0.3 is 0 Å². The van der Waals surface area contributed by atoms with Crippen molar-refractivity contribution in [2.45, 2.75) is 27.2 Å². The van der Waals surface area contributed by atoms with Crippen molar-refractivity contribution in [3.05, 3.63) is 24.3 Å². The van der Waals surface area contributed by atoms with Gasteiger partial charge in [-0.2, -0.15) is 0 Å². The molecule has 5 heteroatoms. The zero-order valence-corrected chi connectivity index (χ0v) is 13.0. The third kappa shape index (κ3) is 6.99. The summed E-state index contributed by atoms with van der Waals surface area (Å²) >= 11 is 0. The van der Waals surface area contributed by atoms with Crippen LogP contribution in [0.3, 0.4) is 0 Å². The van der Waals surface area contributed by atoms with E-state index in [1.807, 2.05) is 20.8 Å². The molecule has 0 unspecified atom stereocenters. The lowest BCUT2D eigenvalue weighted by atomic mass is 9.90. The lowest BCUT2D eigenvalue weighted by molar-refractivity contribution is -0.123. The molecular weight excluding hydrogens is 270 g/mol. The number of carbonyl (C=O) groups excluding carboxylic acids is 1. The van der Waals surface area contributed by atoms with E-state index in [9.17, 15) is 4.79 Å². The number of rotatable bonds is 9. The quantitative estimate of drug-likeness (QED) is 0.731. The first-order valence-corrected chi connectivity index (χ1v) is 7.20. The molecule has 0 aliphatic carbocycles. The number of ether oxygens (including phenoxy) is 2.